The molecule has 4 rings (SSSR count). The molecule has 0 bridgehead atoms. The Morgan fingerprint density at radius 1 is 1.23 bits per heavy atom. The van der Waals surface area contributed by atoms with Crippen molar-refractivity contribution < 1.29 is 14.3 Å². The van der Waals surface area contributed by atoms with Crippen LogP contribution < -0.4 is 10.1 Å². The largest absolute Gasteiger partial charge is 0.495 e. The fourth-order valence-electron chi connectivity index (χ4n) is 4.35. The predicted molar refractivity (Wildman–Crippen MR) is 122 cm³/mol. The van der Waals surface area contributed by atoms with E-state index >= 15 is 0 Å². The van der Waals surface area contributed by atoms with Gasteiger partial charge in [0.1, 0.15) is 23.7 Å². The van der Waals surface area contributed by atoms with E-state index in [2.05, 4.69) is 12.2 Å². The maximum Gasteiger partial charge on any atom is 0.275 e. The van der Waals surface area contributed by atoms with Crippen molar-refractivity contribution in [3.8, 4) is 5.75 Å². The molecule has 1 N–H and O–H groups in total. The van der Waals surface area contributed by atoms with E-state index in [0.29, 0.717) is 28.1 Å². The van der Waals surface area contributed by atoms with Crippen LogP contribution >= 0.6 is 11.6 Å². The lowest BCUT2D eigenvalue weighted by Gasteiger charge is -2.40. The number of rotatable bonds is 5. The number of hydrogen-bond acceptors (Lipinski definition) is 4. The van der Waals surface area contributed by atoms with Gasteiger partial charge in [-0.1, -0.05) is 48.9 Å². The quantitative estimate of drug-likeness (QED) is 0.744. The fourth-order valence-corrected chi connectivity index (χ4v) is 4.53. The molecule has 1 aliphatic heterocycles. The summed E-state index contributed by atoms with van der Waals surface area (Å²) in [6, 6.07) is 14.5. The van der Waals surface area contributed by atoms with E-state index in [-0.39, 0.29) is 18.4 Å². The van der Waals surface area contributed by atoms with Gasteiger partial charge in [0, 0.05) is 10.6 Å². The molecule has 2 aliphatic rings. The van der Waals surface area contributed by atoms with Crippen LogP contribution in [0.1, 0.15) is 38.2 Å². The van der Waals surface area contributed by atoms with Gasteiger partial charge in [-0.2, -0.15) is 0 Å². The second-order valence-corrected chi connectivity index (χ2v) is 8.71. The summed E-state index contributed by atoms with van der Waals surface area (Å²) in [6.45, 7) is 2.14. The zero-order chi connectivity index (χ0) is 22.0. The van der Waals surface area contributed by atoms with Crippen LogP contribution in [0.4, 0.5) is 5.69 Å². The number of carbonyl (C=O) groups is 2. The van der Waals surface area contributed by atoms with E-state index in [0.717, 1.165) is 31.2 Å². The molecule has 1 saturated carbocycles. The maximum absolute atomic E-state index is 13.4. The number of aliphatic imine (C=N–C) groups is 1. The molecule has 1 heterocycles. The number of anilines is 1. The summed E-state index contributed by atoms with van der Waals surface area (Å²) in [5, 5.41) is 3.33. The Bertz CT molecular complexity index is 1010. The molecule has 2 aromatic rings. The Hall–Kier alpha value is -2.86. The van der Waals surface area contributed by atoms with Gasteiger partial charge in [-0.25, -0.2) is 0 Å². The Morgan fingerprint density at radius 2 is 1.94 bits per heavy atom. The second kappa shape index (κ2) is 8.71. The Kier molecular flexibility index (Phi) is 6.01. The third kappa shape index (κ3) is 4.30. The molecule has 0 atom stereocenters. The number of methoxy groups -OCH3 is 1. The van der Waals surface area contributed by atoms with Crippen LogP contribution in [0.5, 0.6) is 5.75 Å². The van der Waals surface area contributed by atoms with Crippen molar-refractivity contribution >= 4 is 34.8 Å². The third-order valence-electron chi connectivity index (χ3n) is 6.13. The van der Waals surface area contributed by atoms with Crippen molar-refractivity contribution in [2.24, 2.45) is 10.9 Å². The zero-order valence-corrected chi connectivity index (χ0v) is 18.5. The molecule has 1 spiro atoms. The SMILES string of the molecule is COc1ccc(Cl)cc1NC(=O)CN1C(=O)C(c2ccccc2)=NC12CCC(C)CC2. The van der Waals surface area contributed by atoms with Gasteiger partial charge in [0.15, 0.2) is 0 Å². The average molecular weight is 440 g/mol. The minimum atomic E-state index is -0.662. The molecule has 0 aromatic heterocycles. The van der Waals surface area contributed by atoms with Crippen LogP contribution in [0.25, 0.3) is 0 Å². The lowest BCUT2D eigenvalue weighted by atomic mass is 9.82. The minimum absolute atomic E-state index is 0.0806. The molecule has 1 fully saturated rings. The molecule has 0 unspecified atom stereocenters. The van der Waals surface area contributed by atoms with Gasteiger partial charge >= 0.3 is 0 Å². The molecule has 1 aliphatic carbocycles. The Labute approximate surface area is 187 Å². The first-order valence-electron chi connectivity index (χ1n) is 10.5. The van der Waals surface area contributed by atoms with Crippen molar-refractivity contribution in [3.63, 3.8) is 0 Å². The van der Waals surface area contributed by atoms with Crippen LogP contribution in [0.15, 0.2) is 53.5 Å². The Morgan fingerprint density at radius 3 is 2.61 bits per heavy atom. The van der Waals surface area contributed by atoms with Crippen molar-refractivity contribution in [2.45, 2.75) is 38.3 Å². The van der Waals surface area contributed by atoms with Gasteiger partial charge in [0.05, 0.1) is 12.8 Å². The summed E-state index contributed by atoms with van der Waals surface area (Å²) in [4.78, 5) is 32.9. The summed E-state index contributed by atoms with van der Waals surface area (Å²) >= 11 is 6.08. The molecular formula is C24H26ClN3O3. The molecule has 2 amide bonds. The lowest BCUT2D eigenvalue weighted by Crippen LogP contribution is -2.51. The fraction of sp³-hybridized carbons (Fsp3) is 0.375. The van der Waals surface area contributed by atoms with Crippen molar-refractivity contribution in [1.82, 2.24) is 4.90 Å². The molecule has 6 nitrogen and oxygen atoms in total. The van der Waals surface area contributed by atoms with Crippen molar-refractivity contribution in [1.29, 1.82) is 0 Å². The van der Waals surface area contributed by atoms with Gasteiger partial charge in [0.2, 0.25) is 5.91 Å². The molecule has 0 saturated heterocycles. The van der Waals surface area contributed by atoms with E-state index in [1.54, 1.807) is 23.1 Å². The van der Waals surface area contributed by atoms with Crippen molar-refractivity contribution in [3.05, 3.63) is 59.1 Å². The molecule has 7 heteroatoms. The number of nitrogens with one attached hydrogen (secondary N) is 1. The minimum Gasteiger partial charge on any atom is -0.495 e. The summed E-state index contributed by atoms with van der Waals surface area (Å²) < 4.78 is 5.31. The molecule has 0 radical (unpaired) electrons. The number of benzene rings is 2. The summed E-state index contributed by atoms with van der Waals surface area (Å²) in [5.74, 6) is 0.585. The highest BCUT2D eigenvalue weighted by atomic mass is 35.5. The van der Waals surface area contributed by atoms with Crippen LogP contribution in [0.2, 0.25) is 5.02 Å². The first kappa shape index (κ1) is 21.4. The predicted octanol–water partition coefficient (Wildman–Crippen LogP) is 4.53. The van der Waals surface area contributed by atoms with Gasteiger partial charge in [-0.15, -0.1) is 0 Å². The maximum atomic E-state index is 13.4. The van der Waals surface area contributed by atoms with Crippen molar-refractivity contribution in [2.75, 3.05) is 19.0 Å². The average Bonchev–Trinajstić information content (AvgIpc) is 3.03. The van der Waals surface area contributed by atoms with Gasteiger partial charge in [-0.3, -0.25) is 14.6 Å². The van der Waals surface area contributed by atoms with Crippen LogP contribution in [-0.2, 0) is 9.59 Å². The molecule has 31 heavy (non-hydrogen) atoms. The molecular weight excluding hydrogens is 414 g/mol. The van der Waals surface area contributed by atoms with Gasteiger partial charge < -0.3 is 15.0 Å². The lowest BCUT2D eigenvalue weighted by molar-refractivity contribution is -0.134. The van der Waals surface area contributed by atoms with E-state index in [4.69, 9.17) is 21.3 Å². The number of carbonyl (C=O) groups excluding carboxylic acids is 2. The number of nitrogens with zero attached hydrogens (tertiary/aromatic N) is 2. The first-order chi connectivity index (χ1) is 14.9. The number of halogens is 1. The van der Waals surface area contributed by atoms with Crippen LogP contribution in [0, 0.1) is 5.92 Å². The van der Waals surface area contributed by atoms with E-state index in [1.807, 2.05) is 30.3 Å². The molecule has 162 valence electrons. The summed E-state index contributed by atoms with van der Waals surface area (Å²) in [7, 11) is 1.53. The highest BCUT2D eigenvalue weighted by Gasteiger charge is 2.49. The first-order valence-corrected chi connectivity index (χ1v) is 10.9. The van der Waals surface area contributed by atoms with Gasteiger partial charge in [-0.05, 0) is 49.8 Å². The standard InChI is InChI=1S/C24H26ClN3O3/c1-16-10-12-24(13-11-16)27-22(17-6-4-3-5-7-17)23(30)28(24)15-21(29)26-19-14-18(25)8-9-20(19)31-2/h3-9,14,16H,10-13,15H2,1-2H3,(H,26,29). The van der Waals surface area contributed by atoms with E-state index in [1.165, 1.54) is 7.11 Å². The highest BCUT2D eigenvalue weighted by Crippen LogP contribution is 2.41. The third-order valence-corrected chi connectivity index (χ3v) is 6.36. The van der Waals surface area contributed by atoms with Crippen LogP contribution in [0.3, 0.4) is 0 Å². The Balaban J connectivity index is 1.59. The topological polar surface area (TPSA) is 71.0 Å². The number of amides is 2. The molecule has 2 aromatic carbocycles. The smallest absolute Gasteiger partial charge is 0.275 e. The summed E-state index contributed by atoms with van der Waals surface area (Å²) in [6.07, 6.45) is 3.45. The highest BCUT2D eigenvalue weighted by molar-refractivity contribution is 6.47. The van der Waals surface area contributed by atoms with E-state index in [9.17, 15) is 9.59 Å². The van der Waals surface area contributed by atoms with E-state index < -0.39 is 5.66 Å². The normalized spacial score (nSPS) is 23.1. The van der Waals surface area contributed by atoms with Gasteiger partial charge in [0.25, 0.3) is 5.91 Å². The summed E-state index contributed by atoms with van der Waals surface area (Å²) in [5.41, 5.74) is 1.03. The number of hydrogen-bond donors (Lipinski definition) is 1. The zero-order valence-electron chi connectivity index (χ0n) is 17.7. The monoisotopic (exact) mass is 439 g/mol. The van der Waals surface area contributed by atoms with Crippen LogP contribution in [-0.4, -0.2) is 41.7 Å². The second-order valence-electron chi connectivity index (χ2n) is 8.28. The number of ether oxygens (including phenoxy) is 1.